The van der Waals surface area contributed by atoms with Gasteiger partial charge in [0.2, 0.25) is 5.91 Å². The number of ether oxygens (including phenoxy) is 2. The molecule has 5 nitrogen and oxygen atoms in total. The van der Waals surface area contributed by atoms with Gasteiger partial charge in [0.1, 0.15) is 11.5 Å². The van der Waals surface area contributed by atoms with E-state index in [9.17, 15) is 4.79 Å². The number of rotatable bonds is 10. The summed E-state index contributed by atoms with van der Waals surface area (Å²) in [5.41, 5.74) is 1.52. The summed E-state index contributed by atoms with van der Waals surface area (Å²) in [6.45, 7) is 5.46. The lowest BCUT2D eigenvalue weighted by Crippen LogP contribution is -2.22. The van der Waals surface area contributed by atoms with Gasteiger partial charge < -0.3 is 20.1 Å². The maximum atomic E-state index is 12.2. The second-order valence-corrected chi connectivity index (χ2v) is 5.56. The Labute approximate surface area is 149 Å². The molecule has 25 heavy (non-hydrogen) atoms. The van der Waals surface area contributed by atoms with E-state index in [1.807, 2.05) is 55.5 Å². The van der Waals surface area contributed by atoms with Gasteiger partial charge in [-0.1, -0.05) is 31.5 Å². The molecule has 0 aliphatic carbocycles. The van der Waals surface area contributed by atoms with E-state index in [0.717, 1.165) is 24.3 Å². The zero-order valence-electron chi connectivity index (χ0n) is 14.9. The minimum Gasteiger partial charge on any atom is -0.494 e. The molecule has 0 bridgehead atoms. The second-order valence-electron chi connectivity index (χ2n) is 5.56. The number of carbonyl (C=O) groups is 1. The van der Waals surface area contributed by atoms with Crippen LogP contribution in [0.2, 0.25) is 0 Å². The van der Waals surface area contributed by atoms with Crippen molar-refractivity contribution < 1.29 is 14.3 Å². The average Bonchev–Trinajstić information content (AvgIpc) is 2.62. The van der Waals surface area contributed by atoms with E-state index in [0.29, 0.717) is 24.7 Å². The summed E-state index contributed by atoms with van der Waals surface area (Å²) < 4.78 is 11.2. The zero-order valence-corrected chi connectivity index (χ0v) is 14.9. The van der Waals surface area contributed by atoms with Gasteiger partial charge in [0.15, 0.2) is 0 Å². The fourth-order valence-corrected chi connectivity index (χ4v) is 2.26. The first-order valence-electron chi connectivity index (χ1n) is 8.71. The molecule has 0 atom stereocenters. The number of nitrogens with one attached hydrogen (secondary N) is 2. The largest absolute Gasteiger partial charge is 0.494 e. The van der Waals surface area contributed by atoms with Crippen molar-refractivity contribution >= 4 is 17.3 Å². The quantitative estimate of drug-likeness (QED) is 0.632. The highest BCUT2D eigenvalue weighted by Crippen LogP contribution is 2.23. The van der Waals surface area contributed by atoms with E-state index in [-0.39, 0.29) is 12.5 Å². The Morgan fingerprint density at radius 1 is 1.04 bits per heavy atom. The molecule has 2 rings (SSSR count). The number of para-hydroxylation sites is 2. The molecule has 1 amide bonds. The fourth-order valence-electron chi connectivity index (χ4n) is 2.26. The minimum absolute atomic E-state index is 0.135. The summed E-state index contributed by atoms with van der Waals surface area (Å²) in [5, 5.41) is 5.98. The van der Waals surface area contributed by atoms with Gasteiger partial charge >= 0.3 is 0 Å². The number of anilines is 2. The standard InChI is InChI=1S/C20H26N2O3/c1-3-5-13-25-17-10-8-9-16(14-17)21-15-20(23)22-18-11-6-7-12-19(18)24-4-2/h6-12,14,21H,3-5,13,15H2,1-2H3,(H,22,23). The first-order valence-corrected chi connectivity index (χ1v) is 8.71. The van der Waals surface area contributed by atoms with Gasteiger partial charge in [0, 0.05) is 11.8 Å². The molecule has 0 unspecified atom stereocenters. The Hall–Kier alpha value is -2.69. The SMILES string of the molecule is CCCCOc1cccc(NCC(=O)Nc2ccccc2OCC)c1. The first kappa shape index (κ1) is 18.6. The highest BCUT2D eigenvalue weighted by molar-refractivity contribution is 5.95. The van der Waals surface area contributed by atoms with Crippen LogP contribution in [-0.4, -0.2) is 25.7 Å². The normalized spacial score (nSPS) is 10.2. The van der Waals surface area contributed by atoms with Crippen LogP contribution in [0.3, 0.4) is 0 Å². The van der Waals surface area contributed by atoms with E-state index in [4.69, 9.17) is 9.47 Å². The van der Waals surface area contributed by atoms with E-state index < -0.39 is 0 Å². The van der Waals surface area contributed by atoms with Crippen LogP contribution in [0.1, 0.15) is 26.7 Å². The van der Waals surface area contributed by atoms with Crippen molar-refractivity contribution in [2.24, 2.45) is 0 Å². The van der Waals surface area contributed by atoms with Crippen molar-refractivity contribution in [2.75, 3.05) is 30.4 Å². The third-order valence-corrected chi connectivity index (χ3v) is 3.51. The van der Waals surface area contributed by atoms with Crippen molar-refractivity contribution in [1.29, 1.82) is 0 Å². The van der Waals surface area contributed by atoms with Gasteiger partial charge in [-0.2, -0.15) is 0 Å². The van der Waals surface area contributed by atoms with Crippen molar-refractivity contribution in [1.82, 2.24) is 0 Å². The van der Waals surface area contributed by atoms with E-state index in [2.05, 4.69) is 17.6 Å². The lowest BCUT2D eigenvalue weighted by atomic mass is 10.2. The van der Waals surface area contributed by atoms with Crippen LogP contribution in [0, 0.1) is 0 Å². The Kier molecular flexibility index (Phi) is 7.63. The molecule has 0 heterocycles. The van der Waals surface area contributed by atoms with Crippen molar-refractivity contribution in [3.8, 4) is 11.5 Å². The highest BCUT2D eigenvalue weighted by atomic mass is 16.5. The van der Waals surface area contributed by atoms with Gasteiger partial charge in [-0.05, 0) is 37.6 Å². The van der Waals surface area contributed by atoms with Crippen molar-refractivity contribution in [3.63, 3.8) is 0 Å². The summed E-state index contributed by atoms with van der Waals surface area (Å²) >= 11 is 0. The molecule has 0 fully saturated rings. The van der Waals surface area contributed by atoms with E-state index in [1.54, 1.807) is 0 Å². The molecule has 134 valence electrons. The third kappa shape index (κ3) is 6.37. The number of hydrogen-bond donors (Lipinski definition) is 2. The van der Waals surface area contributed by atoms with Crippen LogP contribution in [-0.2, 0) is 4.79 Å². The zero-order chi connectivity index (χ0) is 17.9. The van der Waals surface area contributed by atoms with Crippen LogP contribution < -0.4 is 20.1 Å². The number of unbranched alkanes of at least 4 members (excludes halogenated alkanes) is 1. The van der Waals surface area contributed by atoms with Gasteiger partial charge in [-0.3, -0.25) is 4.79 Å². The predicted molar refractivity (Wildman–Crippen MR) is 102 cm³/mol. The lowest BCUT2D eigenvalue weighted by molar-refractivity contribution is -0.114. The minimum atomic E-state index is -0.135. The Morgan fingerprint density at radius 3 is 2.68 bits per heavy atom. The molecule has 0 aromatic heterocycles. The molecule has 2 aromatic rings. The highest BCUT2D eigenvalue weighted by Gasteiger charge is 2.07. The van der Waals surface area contributed by atoms with Gasteiger partial charge in [-0.25, -0.2) is 0 Å². The molecule has 0 radical (unpaired) electrons. The molecule has 5 heteroatoms. The van der Waals surface area contributed by atoms with Crippen molar-refractivity contribution in [2.45, 2.75) is 26.7 Å². The number of amides is 1. The van der Waals surface area contributed by atoms with Gasteiger partial charge in [0.25, 0.3) is 0 Å². The monoisotopic (exact) mass is 342 g/mol. The molecule has 0 aliphatic rings. The Bertz CT molecular complexity index is 673. The first-order chi connectivity index (χ1) is 12.2. The lowest BCUT2D eigenvalue weighted by Gasteiger charge is -2.12. The summed E-state index contributed by atoms with van der Waals surface area (Å²) in [6, 6.07) is 15.0. The maximum Gasteiger partial charge on any atom is 0.243 e. The predicted octanol–water partition coefficient (Wildman–Crippen LogP) is 4.31. The number of hydrogen-bond acceptors (Lipinski definition) is 4. The molecule has 0 saturated carbocycles. The summed E-state index contributed by atoms with van der Waals surface area (Å²) in [7, 11) is 0. The number of carbonyl (C=O) groups excluding carboxylic acids is 1. The molecular formula is C20H26N2O3. The van der Waals surface area contributed by atoms with E-state index >= 15 is 0 Å². The smallest absolute Gasteiger partial charge is 0.243 e. The van der Waals surface area contributed by atoms with Crippen LogP contribution in [0.15, 0.2) is 48.5 Å². The maximum absolute atomic E-state index is 12.2. The van der Waals surface area contributed by atoms with Gasteiger partial charge in [-0.15, -0.1) is 0 Å². The summed E-state index contributed by atoms with van der Waals surface area (Å²) in [6.07, 6.45) is 2.13. The molecule has 0 aliphatic heterocycles. The fraction of sp³-hybridized carbons (Fsp3) is 0.350. The van der Waals surface area contributed by atoms with E-state index in [1.165, 1.54) is 0 Å². The topological polar surface area (TPSA) is 59.6 Å². The van der Waals surface area contributed by atoms with Crippen molar-refractivity contribution in [3.05, 3.63) is 48.5 Å². The van der Waals surface area contributed by atoms with Crippen LogP contribution in [0.4, 0.5) is 11.4 Å². The molecular weight excluding hydrogens is 316 g/mol. The Morgan fingerprint density at radius 2 is 1.88 bits per heavy atom. The van der Waals surface area contributed by atoms with Gasteiger partial charge in [0.05, 0.1) is 25.4 Å². The summed E-state index contributed by atoms with van der Waals surface area (Å²) in [5.74, 6) is 1.34. The Balaban J connectivity index is 1.87. The summed E-state index contributed by atoms with van der Waals surface area (Å²) in [4.78, 5) is 12.2. The number of benzene rings is 2. The third-order valence-electron chi connectivity index (χ3n) is 3.51. The molecule has 2 N–H and O–H groups in total. The molecule has 0 spiro atoms. The van der Waals surface area contributed by atoms with Crippen LogP contribution >= 0.6 is 0 Å². The molecule has 0 saturated heterocycles. The molecule has 2 aromatic carbocycles. The average molecular weight is 342 g/mol. The van der Waals surface area contributed by atoms with Crippen LogP contribution in [0.25, 0.3) is 0 Å². The van der Waals surface area contributed by atoms with Crippen LogP contribution in [0.5, 0.6) is 11.5 Å². The second kappa shape index (κ2) is 10.2.